The quantitative estimate of drug-likeness (QED) is 0.364. The molecule has 0 fully saturated rings. The molecule has 0 saturated carbocycles. The third kappa shape index (κ3) is 8.36. The lowest BCUT2D eigenvalue weighted by atomic mass is 9.98. The molecule has 11 nitrogen and oxygen atoms in total. The third-order valence-electron chi connectivity index (χ3n) is 6.59. The van der Waals surface area contributed by atoms with Gasteiger partial charge in [0.15, 0.2) is 0 Å². The molecule has 0 radical (unpaired) electrons. The van der Waals surface area contributed by atoms with Crippen LogP contribution in [0.1, 0.15) is 64.5 Å². The molecular weight excluding hydrogens is 530 g/mol. The smallest absolute Gasteiger partial charge is 0.443 e. The van der Waals surface area contributed by atoms with E-state index in [9.17, 15) is 24.3 Å². The maximum absolute atomic E-state index is 12.7. The number of ether oxygens (including phenoxy) is 2. The molecule has 0 saturated heterocycles. The van der Waals surface area contributed by atoms with E-state index in [2.05, 4.69) is 5.32 Å². The molecule has 1 atom stereocenters. The topological polar surface area (TPSA) is 135 Å². The van der Waals surface area contributed by atoms with E-state index in [4.69, 9.17) is 14.3 Å². The van der Waals surface area contributed by atoms with Crippen molar-refractivity contribution in [3.63, 3.8) is 0 Å². The highest BCUT2D eigenvalue weighted by Crippen LogP contribution is 2.44. The number of fused-ring (bicyclic) bond motifs is 3. The summed E-state index contributed by atoms with van der Waals surface area (Å²) in [5.74, 6) is -1.43. The van der Waals surface area contributed by atoms with Gasteiger partial charge in [-0.1, -0.05) is 48.5 Å². The monoisotopic (exact) mass is 569 g/mol. The van der Waals surface area contributed by atoms with Gasteiger partial charge in [0.2, 0.25) is 0 Å². The summed E-state index contributed by atoms with van der Waals surface area (Å²) in [5, 5.41) is 12.9. The fourth-order valence-corrected chi connectivity index (χ4v) is 4.60. The molecule has 3 rings (SSSR count). The van der Waals surface area contributed by atoms with Crippen LogP contribution in [0.15, 0.2) is 48.5 Å². The summed E-state index contributed by atoms with van der Waals surface area (Å²) in [5.41, 5.74) is 3.40. The number of carbonyl (C=O) groups excluding carboxylic acids is 3. The zero-order chi connectivity index (χ0) is 30.2. The summed E-state index contributed by atoms with van der Waals surface area (Å²) in [7, 11) is 0. The van der Waals surface area contributed by atoms with Crippen molar-refractivity contribution in [1.29, 1.82) is 0 Å². The number of hydrogen-bond acceptors (Lipinski definition) is 7. The molecule has 0 aliphatic heterocycles. The molecule has 2 aromatic carbocycles. The van der Waals surface area contributed by atoms with Crippen molar-refractivity contribution in [2.24, 2.45) is 0 Å². The van der Waals surface area contributed by atoms with Crippen LogP contribution in [0.5, 0.6) is 0 Å². The van der Waals surface area contributed by atoms with E-state index >= 15 is 0 Å². The summed E-state index contributed by atoms with van der Waals surface area (Å²) >= 11 is 0. The number of carboxylic acids is 1. The third-order valence-corrected chi connectivity index (χ3v) is 6.59. The first-order chi connectivity index (χ1) is 19.4. The molecule has 222 valence electrons. The molecule has 1 unspecified atom stereocenters. The van der Waals surface area contributed by atoms with E-state index in [-0.39, 0.29) is 31.9 Å². The standard InChI is InChI=1S/C30H39N3O8/c1-6-32(7-2)28(37)41-33(29(38)40-30(3,4)5)18-12-17-25(26(34)35)31-27(36)39-19-24-22-15-10-8-13-20(22)21-14-9-11-16-23(21)24/h8-11,13-16,24-25H,6-7,12,17-19H2,1-5H3,(H,31,36)(H,34,35). The number of carbonyl (C=O) groups is 4. The van der Waals surface area contributed by atoms with Gasteiger partial charge in [-0.15, -0.1) is 5.06 Å². The minimum Gasteiger partial charge on any atom is -0.480 e. The van der Waals surface area contributed by atoms with Gasteiger partial charge >= 0.3 is 24.2 Å². The van der Waals surface area contributed by atoms with Crippen LogP contribution in [0, 0.1) is 0 Å². The highest BCUT2D eigenvalue weighted by molar-refractivity contribution is 5.81. The van der Waals surface area contributed by atoms with Crippen molar-refractivity contribution in [2.45, 2.75) is 65.0 Å². The van der Waals surface area contributed by atoms with Gasteiger partial charge in [-0.2, -0.15) is 0 Å². The average molecular weight is 570 g/mol. The van der Waals surface area contributed by atoms with E-state index in [0.717, 1.165) is 27.3 Å². The Balaban J connectivity index is 1.59. The number of hydroxylamine groups is 2. The normalized spacial score (nSPS) is 12.9. The van der Waals surface area contributed by atoms with Crippen LogP contribution in [-0.4, -0.2) is 77.2 Å². The number of rotatable bonds is 10. The van der Waals surface area contributed by atoms with Crippen molar-refractivity contribution >= 4 is 24.2 Å². The predicted molar refractivity (Wildman–Crippen MR) is 151 cm³/mol. The van der Waals surface area contributed by atoms with Crippen molar-refractivity contribution in [3.8, 4) is 11.1 Å². The van der Waals surface area contributed by atoms with E-state index in [1.807, 2.05) is 48.5 Å². The Bertz CT molecular complexity index is 1190. The fraction of sp³-hybridized carbons (Fsp3) is 0.467. The molecule has 41 heavy (non-hydrogen) atoms. The second-order valence-electron chi connectivity index (χ2n) is 10.6. The first-order valence-electron chi connectivity index (χ1n) is 13.8. The number of carboxylic acid groups (broad SMARTS) is 1. The molecule has 2 aromatic rings. The second kappa shape index (κ2) is 13.9. The average Bonchev–Trinajstić information content (AvgIpc) is 3.24. The van der Waals surface area contributed by atoms with Crippen LogP contribution in [0.4, 0.5) is 14.4 Å². The van der Waals surface area contributed by atoms with E-state index < -0.39 is 35.9 Å². The van der Waals surface area contributed by atoms with Gasteiger partial charge in [0, 0.05) is 19.0 Å². The van der Waals surface area contributed by atoms with Crippen LogP contribution >= 0.6 is 0 Å². The van der Waals surface area contributed by atoms with Gasteiger partial charge in [0.1, 0.15) is 18.2 Å². The number of benzene rings is 2. The highest BCUT2D eigenvalue weighted by Gasteiger charge is 2.31. The number of aliphatic carboxylic acids is 1. The number of nitrogens with zero attached hydrogens (tertiary/aromatic N) is 2. The Morgan fingerprint density at radius 2 is 1.49 bits per heavy atom. The van der Waals surface area contributed by atoms with Gasteiger partial charge in [0.25, 0.3) is 0 Å². The molecule has 1 aliphatic rings. The lowest BCUT2D eigenvalue weighted by Gasteiger charge is -2.28. The van der Waals surface area contributed by atoms with Crippen molar-refractivity contribution in [1.82, 2.24) is 15.3 Å². The summed E-state index contributed by atoms with van der Waals surface area (Å²) in [6, 6.07) is 14.5. The van der Waals surface area contributed by atoms with Crippen LogP contribution < -0.4 is 5.32 Å². The second-order valence-corrected chi connectivity index (χ2v) is 10.6. The minimum absolute atomic E-state index is 0.0416. The van der Waals surface area contributed by atoms with Crippen molar-refractivity contribution < 1.29 is 38.6 Å². The molecule has 2 N–H and O–H groups in total. The van der Waals surface area contributed by atoms with Crippen LogP contribution in [0.3, 0.4) is 0 Å². The van der Waals surface area contributed by atoms with Crippen LogP contribution in [-0.2, 0) is 19.1 Å². The Morgan fingerprint density at radius 3 is 2.00 bits per heavy atom. The van der Waals surface area contributed by atoms with Crippen LogP contribution in [0.2, 0.25) is 0 Å². The zero-order valence-corrected chi connectivity index (χ0v) is 24.2. The van der Waals surface area contributed by atoms with Gasteiger partial charge in [-0.05, 0) is 69.7 Å². The van der Waals surface area contributed by atoms with Gasteiger partial charge in [0.05, 0.1) is 6.54 Å². The zero-order valence-electron chi connectivity index (χ0n) is 24.2. The first-order valence-corrected chi connectivity index (χ1v) is 13.8. The van der Waals surface area contributed by atoms with E-state index in [1.54, 1.807) is 34.6 Å². The maximum Gasteiger partial charge on any atom is 0.443 e. The van der Waals surface area contributed by atoms with E-state index in [0.29, 0.717) is 13.1 Å². The molecular formula is C30H39N3O8. The van der Waals surface area contributed by atoms with Gasteiger partial charge < -0.3 is 29.6 Å². The number of hydrogen-bond donors (Lipinski definition) is 2. The number of alkyl carbamates (subject to hydrolysis) is 1. The number of nitrogens with one attached hydrogen (secondary N) is 1. The number of amides is 3. The molecule has 0 bridgehead atoms. The summed E-state index contributed by atoms with van der Waals surface area (Å²) < 4.78 is 10.8. The molecule has 11 heteroatoms. The SMILES string of the molecule is CCN(CC)C(=O)ON(CCCC(NC(=O)OCC1c2ccccc2-c2ccccc21)C(=O)O)C(=O)OC(C)(C)C. The van der Waals surface area contributed by atoms with Gasteiger partial charge in [-0.3, -0.25) is 0 Å². The maximum atomic E-state index is 12.7. The molecule has 0 spiro atoms. The lowest BCUT2D eigenvalue weighted by molar-refractivity contribution is -0.139. The Hall–Kier alpha value is -4.28. The minimum atomic E-state index is -1.29. The largest absolute Gasteiger partial charge is 0.480 e. The fourth-order valence-electron chi connectivity index (χ4n) is 4.60. The predicted octanol–water partition coefficient (Wildman–Crippen LogP) is 5.39. The first kappa shape index (κ1) is 31.3. The van der Waals surface area contributed by atoms with Crippen LogP contribution in [0.25, 0.3) is 11.1 Å². The summed E-state index contributed by atoms with van der Waals surface area (Å²) in [6.07, 6.45) is -2.44. The highest BCUT2D eigenvalue weighted by atomic mass is 16.8. The summed E-state index contributed by atoms with van der Waals surface area (Å²) in [6.45, 7) is 9.23. The van der Waals surface area contributed by atoms with E-state index in [1.165, 1.54) is 4.90 Å². The Morgan fingerprint density at radius 1 is 0.927 bits per heavy atom. The molecule has 3 amide bonds. The molecule has 1 aliphatic carbocycles. The van der Waals surface area contributed by atoms with Crippen molar-refractivity contribution in [3.05, 3.63) is 59.7 Å². The molecule has 0 aromatic heterocycles. The molecule has 0 heterocycles. The summed E-state index contributed by atoms with van der Waals surface area (Å²) in [4.78, 5) is 56.3. The Kier molecular flexibility index (Phi) is 10.6. The van der Waals surface area contributed by atoms with Gasteiger partial charge in [-0.25, -0.2) is 19.2 Å². The lowest BCUT2D eigenvalue weighted by Crippen LogP contribution is -2.44. The van der Waals surface area contributed by atoms with Crippen molar-refractivity contribution in [2.75, 3.05) is 26.2 Å². The Labute approximate surface area is 240 Å².